The molecule has 0 saturated carbocycles. The monoisotopic (exact) mass is 344 g/mol. The number of ether oxygens (including phenoxy) is 1. The van der Waals surface area contributed by atoms with E-state index in [0.29, 0.717) is 39.1 Å². The Labute approximate surface area is 147 Å². The zero-order chi connectivity index (χ0) is 17.8. The van der Waals surface area contributed by atoms with E-state index in [9.17, 15) is 9.59 Å². The van der Waals surface area contributed by atoms with Crippen LogP contribution in [0.3, 0.4) is 0 Å². The van der Waals surface area contributed by atoms with Crippen molar-refractivity contribution in [3.05, 3.63) is 35.8 Å². The summed E-state index contributed by atoms with van der Waals surface area (Å²) in [5, 5.41) is 2.95. The summed E-state index contributed by atoms with van der Waals surface area (Å²) in [6, 6.07) is 3.97. The molecule has 3 heterocycles. The van der Waals surface area contributed by atoms with Crippen molar-refractivity contribution in [2.45, 2.75) is 26.3 Å². The molecule has 3 rings (SSSR count). The summed E-state index contributed by atoms with van der Waals surface area (Å²) in [5.41, 5.74) is 2.84. The molecule has 1 saturated heterocycles. The van der Waals surface area contributed by atoms with E-state index in [1.807, 2.05) is 35.9 Å². The molecule has 2 amide bonds. The fourth-order valence-corrected chi connectivity index (χ4v) is 3.11. The van der Waals surface area contributed by atoms with Gasteiger partial charge in [-0.2, -0.15) is 0 Å². The molecule has 0 spiro atoms. The van der Waals surface area contributed by atoms with Crippen LogP contribution < -0.4 is 5.32 Å². The largest absolute Gasteiger partial charge is 0.383 e. The van der Waals surface area contributed by atoms with E-state index < -0.39 is 0 Å². The predicted octanol–water partition coefficient (Wildman–Crippen LogP) is 1.14. The van der Waals surface area contributed by atoms with Gasteiger partial charge in [-0.3, -0.25) is 9.59 Å². The lowest BCUT2D eigenvalue weighted by Gasteiger charge is -2.31. The number of aromatic nitrogens is 2. The molecule has 0 aliphatic carbocycles. The van der Waals surface area contributed by atoms with E-state index in [2.05, 4.69) is 10.3 Å². The number of nitrogens with one attached hydrogen (secondary N) is 1. The Morgan fingerprint density at radius 1 is 1.40 bits per heavy atom. The topological polar surface area (TPSA) is 75.9 Å². The molecule has 0 unspecified atom stereocenters. The molecule has 1 atom stereocenters. The second-order valence-corrected chi connectivity index (χ2v) is 6.49. The number of carbonyl (C=O) groups excluding carboxylic acids is 2. The highest BCUT2D eigenvalue weighted by molar-refractivity contribution is 5.83. The minimum Gasteiger partial charge on any atom is -0.383 e. The number of hydrogen-bond acceptors (Lipinski definition) is 4. The number of aryl methyl sites for hydroxylation is 1. The number of rotatable bonds is 6. The molecule has 0 bridgehead atoms. The van der Waals surface area contributed by atoms with Crippen LogP contribution in [0.2, 0.25) is 0 Å². The van der Waals surface area contributed by atoms with Gasteiger partial charge >= 0.3 is 0 Å². The molecule has 2 aromatic heterocycles. The number of imidazole rings is 1. The van der Waals surface area contributed by atoms with Gasteiger partial charge in [-0.25, -0.2) is 4.98 Å². The van der Waals surface area contributed by atoms with Gasteiger partial charge in [0.1, 0.15) is 5.65 Å². The van der Waals surface area contributed by atoms with Crippen molar-refractivity contribution in [2.24, 2.45) is 5.92 Å². The van der Waals surface area contributed by atoms with E-state index in [1.165, 1.54) is 0 Å². The van der Waals surface area contributed by atoms with Crippen LogP contribution in [0.5, 0.6) is 0 Å². The van der Waals surface area contributed by atoms with Gasteiger partial charge in [0.15, 0.2) is 0 Å². The average Bonchev–Trinajstić information content (AvgIpc) is 3.01. The quantitative estimate of drug-likeness (QED) is 0.853. The standard InChI is InChI=1S/C18H24N4O3/c1-13-3-5-16-20-15(12-22(16)10-13)9-19-18(24)14-4-6-17(23)21(11-14)7-8-25-2/h3,5,10,12,14H,4,6-9,11H2,1-2H3,(H,19,24)/t14-/m0/s1. The van der Waals surface area contributed by atoms with Gasteiger partial charge in [0.2, 0.25) is 11.8 Å². The summed E-state index contributed by atoms with van der Waals surface area (Å²) in [7, 11) is 1.61. The average molecular weight is 344 g/mol. The van der Waals surface area contributed by atoms with Crippen LogP contribution >= 0.6 is 0 Å². The number of fused-ring (bicyclic) bond motifs is 1. The summed E-state index contributed by atoms with van der Waals surface area (Å²) in [4.78, 5) is 30.6. The van der Waals surface area contributed by atoms with E-state index in [1.54, 1.807) is 12.0 Å². The van der Waals surface area contributed by atoms with Crippen molar-refractivity contribution in [3.63, 3.8) is 0 Å². The molecule has 1 fully saturated rings. The zero-order valence-electron chi connectivity index (χ0n) is 14.7. The molecular formula is C18H24N4O3. The van der Waals surface area contributed by atoms with Gasteiger partial charge in [-0.05, 0) is 25.0 Å². The molecule has 0 aromatic carbocycles. The summed E-state index contributed by atoms with van der Waals surface area (Å²) in [6.07, 6.45) is 4.94. The van der Waals surface area contributed by atoms with Crippen LogP contribution in [0.25, 0.3) is 5.65 Å². The number of likely N-dealkylation sites (tertiary alicyclic amines) is 1. The van der Waals surface area contributed by atoms with Gasteiger partial charge in [0.05, 0.1) is 24.8 Å². The fourth-order valence-electron chi connectivity index (χ4n) is 3.11. The van der Waals surface area contributed by atoms with Crippen LogP contribution in [0.1, 0.15) is 24.1 Å². The lowest BCUT2D eigenvalue weighted by molar-refractivity contribution is -0.138. The van der Waals surface area contributed by atoms with Gasteiger partial charge in [0, 0.05) is 39.0 Å². The van der Waals surface area contributed by atoms with Crippen LogP contribution in [-0.2, 0) is 20.9 Å². The van der Waals surface area contributed by atoms with Crippen molar-refractivity contribution < 1.29 is 14.3 Å². The molecule has 7 heteroatoms. The lowest BCUT2D eigenvalue weighted by Crippen LogP contribution is -2.46. The molecule has 25 heavy (non-hydrogen) atoms. The second kappa shape index (κ2) is 7.65. The maximum atomic E-state index is 12.5. The summed E-state index contributed by atoms with van der Waals surface area (Å²) >= 11 is 0. The first-order valence-corrected chi connectivity index (χ1v) is 8.55. The molecule has 1 N–H and O–H groups in total. The maximum Gasteiger partial charge on any atom is 0.225 e. The van der Waals surface area contributed by atoms with Crippen molar-refractivity contribution in [1.29, 1.82) is 0 Å². The Bertz CT molecular complexity index is 771. The lowest BCUT2D eigenvalue weighted by atomic mass is 9.96. The number of nitrogens with zero attached hydrogens (tertiary/aromatic N) is 3. The summed E-state index contributed by atoms with van der Waals surface area (Å²) < 4.78 is 6.99. The van der Waals surface area contributed by atoms with E-state index in [-0.39, 0.29) is 17.7 Å². The van der Waals surface area contributed by atoms with Gasteiger partial charge in [0.25, 0.3) is 0 Å². The summed E-state index contributed by atoms with van der Waals surface area (Å²) in [5.74, 6) is -0.103. The first-order chi connectivity index (χ1) is 12.1. The first kappa shape index (κ1) is 17.4. The smallest absolute Gasteiger partial charge is 0.225 e. The molecule has 2 aromatic rings. The first-order valence-electron chi connectivity index (χ1n) is 8.55. The Morgan fingerprint density at radius 3 is 3.04 bits per heavy atom. The number of hydrogen-bond donors (Lipinski definition) is 1. The molecule has 1 aliphatic rings. The minimum absolute atomic E-state index is 0.0249. The summed E-state index contributed by atoms with van der Waals surface area (Å²) in [6.45, 7) is 3.90. The van der Waals surface area contributed by atoms with Gasteiger partial charge < -0.3 is 19.4 Å². The van der Waals surface area contributed by atoms with E-state index >= 15 is 0 Å². The number of amides is 2. The SMILES string of the molecule is COCCN1C[C@@H](C(=O)NCc2cn3cc(C)ccc3n2)CCC1=O. The highest BCUT2D eigenvalue weighted by atomic mass is 16.5. The molecule has 0 radical (unpaired) electrons. The molecular weight excluding hydrogens is 320 g/mol. The van der Waals surface area contributed by atoms with Crippen molar-refractivity contribution in [3.8, 4) is 0 Å². The van der Waals surface area contributed by atoms with Crippen LogP contribution in [0.15, 0.2) is 24.5 Å². The number of piperidine rings is 1. The molecule has 1 aliphatic heterocycles. The number of pyridine rings is 1. The van der Waals surface area contributed by atoms with Crippen LogP contribution in [0, 0.1) is 12.8 Å². The van der Waals surface area contributed by atoms with E-state index in [0.717, 1.165) is 16.9 Å². The second-order valence-electron chi connectivity index (χ2n) is 6.49. The van der Waals surface area contributed by atoms with Crippen molar-refractivity contribution in [1.82, 2.24) is 19.6 Å². The van der Waals surface area contributed by atoms with Crippen molar-refractivity contribution >= 4 is 17.5 Å². The molecule has 134 valence electrons. The highest BCUT2D eigenvalue weighted by Gasteiger charge is 2.29. The van der Waals surface area contributed by atoms with Crippen molar-refractivity contribution in [2.75, 3.05) is 26.8 Å². The maximum absolute atomic E-state index is 12.5. The Balaban J connectivity index is 1.56. The van der Waals surface area contributed by atoms with Crippen LogP contribution in [-0.4, -0.2) is 52.9 Å². The Hall–Kier alpha value is -2.41. The van der Waals surface area contributed by atoms with E-state index in [4.69, 9.17) is 4.74 Å². The third-order valence-corrected chi connectivity index (χ3v) is 4.53. The normalized spacial score (nSPS) is 17.9. The number of methoxy groups -OCH3 is 1. The molecule has 7 nitrogen and oxygen atoms in total. The number of carbonyl (C=O) groups is 2. The minimum atomic E-state index is -0.172. The highest BCUT2D eigenvalue weighted by Crippen LogP contribution is 2.18. The third kappa shape index (κ3) is 4.17. The van der Waals surface area contributed by atoms with Gasteiger partial charge in [-0.15, -0.1) is 0 Å². The zero-order valence-corrected chi connectivity index (χ0v) is 14.7. The van der Waals surface area contributed by atoms with Crippen LogP contribution in [0.4, 0.5) is 0 Å². The predicted molar refractivity (Wildman–Crippen MR) is 93.0 cm³/mol. The third-order valence-electron chi connectivity index (χ3n) is 4.53. The Kier molecular flexibility index (Phi) is 5.33. The fraction of sp³-hybridized carbons (Fsp3) is 0.500. The van der Waals surface area contributed by atoms with Gasteiger partial charge in [-0.1, -0.05) is 6.07 Å². The Morgan fingerprint density at radius 2 is 2.24 bits per heavy atom.